The molecule has 2 amide bonds. The molecule has 0 aliphatic carbocycles. The highest BCUT2D eigenvalue weighted by Crippen LogP contribution is 2.36. The fourth-order valence-corrected chi connectivity index (χ4v) is 10.7. The minimum atomic E-state index is -3.97. The SMILES string of the molecule is Cn1c(=O)n(C2CCC(=O)NC2=O)c2cccc(C3CCN(CC4CCN(c5cc(F)cc(S(=O)(=O)N6CCC(Nc7ncc(OC(F)F)cn7)CC6)c5)CC4)CC3)c21. The first-order valence-corrected chi connectivity index (χ1v) is 21.6. The predicted octanol–water partition coefficient (Wildman–Crippen LogP) is 4.21. The maximum Gasteiger partial charge on any atom is 0.387 e. The normalized spacial score (nSPS) is 21.0. The van der Waals surface area contributed by atoms with Crippen molar-refractivity contribution in [2.45, 2.75) is 80.9 Å². The number of rotatable bonds is 11. The molecule has 15 nitrogen and oxygen atoms in total. The van der Waals surface area contributed by atoms with Gasteiger partial charge in [0.05, 0.1) is 28.3 Å². The van der Waals surface area contributed by atoms with E-state index in [1.165, 1.54) is 14.9 Å². The number of anilines is 2. The molecule has 2 N–H and O–H groups in total. The van der Waals surface area contributed by atoms with E-state index in [2.05, 4.69) is 41.2 Å². The van der Waals surface area contributed by atoms with Crippen molar-refractivity contribution in [1.82, 2.24) is 33.6 Å². The summed E-state index contributed by atoms with van der Waals surface area (Å²) >= 11 is 0. The number of para-hydroxylation sites is 1. The van der Waals surface area contributed by atoms with Crippen LogP contribution in [0.5, 0.6) is 5.75 Å². The van der Waals surface area contributed by atoms with E-state index in [9.17, 15) is 31.6 Å². The number of aromatic nitrogens is 4. The number of aryl methyl sites for hydroxylation is 1. The van der Waals surface area contributed by atoms with E-state index >= 15 is 4.39 Å². The van der Waals surface area contributed by atoms with Gasteiger partial charge in [0.15, 0.2) is 5.75 Å². The van der Waals surface area contributed by atoms with Crippen molar-refractivity contribution in [3.05, 3.63) is 70.7 Å². The number of nitrogens with zero attached hydrogens (tertiary/aromatic N) is 7. The molecule has 0 saturated carbocycles. The van der Waals surface area contributed by atoms with Crippen LogP contribution in [-0.4, -0.2) is 107 Å². The summed E-state index contributed by atoms with van der Waals surface area (Å²) in [6, 6.07) is 9.07. The van der Waals surface area contributed by atoms with E-state index in [0.717, 1.165) is 74.9 Å². The van der Waals surface area contributed by atoms with Gasteiger partial charge in [-0.1, -0.05) is 12.1 Å². The number of hydrogen-bond acceptors (Lipinski definition) is 11. The number of sulfonamides is 1. The largest absolute Gasteiger partial charge is 0.432 e. The molecule has 4 saturated heterocycles. The molecule has 19 heteroatoms. The van der Waals surface area contributed by atoms with E-state index in [-0.39, 0.29) is 59.7 Å². The van der Waals surface area contributed by atoms with Gasteiger partial charge in [-0.2, -0.15) is 13.1 Å². The van der Waals surface area contributed by atoms with Gasteiger partial charge in [0.1, 0.15) is 11.9 Å². The molecule has 2 aromatic carbocycles. The molecule has 59 heavy (non-hydrogen) atoms. The Kier molecular flexibility index (Phi) is 11.7. The average molecular weight is 840 g/mol. The van der Waals surface area contributed by atoms with Gasteiger partial charge in [0.2, 0.25) is 27.8 Å². The number of piperidine rings is 4. The summed E-state index contributed by atoms with van der Waals surface area (Å²) < 4.78 is 76.1. The van der Waals surface area contributed by atoms with Crippen LogP contribution in [0.2, 0.25) is 0 Å². The van der Waals surface area contributed by atoms with E-state index in [4.69, 9.17) is 0 Å². The molecule has 2 aromatic heterocycles. The molecule has 6 heterocycles. The molecule has 8 rings (SSSR count). The predicted molar refractivity (Wildman–Crippen MR) is 212 cm³/mol. The third kappa shape index (κ3) is 8.68. The number of carbonyl (C=O) groups excluding carboxylic acids is 2. The molecular weight excluding hydrogens is 792 g/mol. The lowest BCUT2D eigenvalue weighted by Crippen LogP contribution is -2.44. The van der Waals surface area contributed by atoms with E-state index in [1.54, 1.807) is 17.7 Å². The lowest BCUT2D eigenvalue weighted by molar-refractivity contribution is -0.135. The number of amides is 2. The van der Waals surface area contributed by atoms with Crippen LogP contribution in [0.3, 0.4) is 0 Å². The number of fused-ring (bicyclic) bond motifs is 1. The topological polar surface area (TPSA) is 164 Å². The molecule has 0 spiro atoms. The molecule has 4 aliphatic heterocycles. The Morgan fingerprint density at radius 2 is 1.63 bits per heavy atom. The van der Waals surface area contributed by atoms with Crippen LogP contribution >= 0.6 is 0 Å². The summed E-state index contributed by atoms with van der Waals surface area (Å²) in [6.45, 7) is 1.53. The summed E-state index contributed by atoms with van der Waals surface area (Å²) in [5.74, 6) is -0.628. The average Bonchev–Trinajstić information content (AvgIpc) is 3.47. The molecule has 4 aliphatic rings. The molecule has 1 unspecified atom stereocenters. The van der Waals surface area contributed by atoms with Gasteiger partial charge in [-0.25, -0.2) is 27.6 Å². The second-order valence-corrected chi connectivity index (χ2v) is 17.9. The van der Waals surface area contributed by atoms with Gasteiger partial charge in [-0.05, 0) is 99.7 Å². The maximum absolute atomic E-state index is 15.0. The molecular formula is C40H48F3N9O6S. The first-order chi connectivity index (χ1) is 28.3. The highest BCUT2D eigenvalue weighted by molar-refractivity contribution is 7.89. The molecule has 1 atom stereocenters. The summed E-state index contributed by atoms with van der Waals surface area (Å²) in [5, 5.41) is 5.48. The van der Waals surface area contributed by atoms with Gasteiger partial charge in [0.25, 0.3) is 0 Å². The van der Waals surface area contributed by atoms with Crippen LogP contribution in [-0.2, 0) is 26.7 Å². The Bertz CT molecular complexity index is 2350. The van der Waals surface area contributed by atoms with Crippen LogP contribution in [0.4, 0.5) is 24.8 Å². The second-order valence-electron chi connectivity index (χ2n) is 16.0. The number of benzene rings is 2. The minimum absolute atomic E-state index is 0.0786. The van der Waals surface area contributed by atoms with Crippen molar-refractivity contribution in [2.75, 3.05) is 56.0 Å². The number of imide groups is 1. The van der Waals surface area contributed by atoms with Gasteiger partial charge >= 0.3 is 12.3 Å². The van der Waals surface area contributed by atoms with E-state index < -0.39 is 34.4 Å². The summed E-state index contributed by atoms with van der Waals surface area (Å²) in [6.07, 6.45) is 7.28. The first-order valence-electron chi connectivity index (χ1n) is 20.2. The quantitative estimate of drug-likeness (QED) is 0.208. The molecule has 4 fully saturated rings. The van der Waals surface area contributed by atoms with E-state index in [0.29, 0.717) is 49.5 Å². The fraction of sp³-hybridized carbons (Fsp3) is 0.525. The first kappa shape index (κ1) is 40.8. The van der Waals surface area contributed by atoms with Gasteiger partial charge in [-0.3, -0.25) is 24.0 Å². The zero-order valence-electron chi connectivity index (χ0n) is 32.7. The van der Waals surface area contributed by atoms with Crippen molar-refractivity contribution < 1.29 is 35.9 Å². The summed E-state index contributed by atoms with van der Waals surface area (Å²) in [4.78, 5) is 50.4. The van der Waals surface area contributed by atoms with Crippen LogP contribution in [0.25, 0.3) is 11.0 Å². The molecule has 0 radical (unpaired) electrons. The van der Waals surface area contributed by atoms with E-state index in [1.807, 2.05) is 12.1 Å². The van der Waals surface area contributed by atoms with Crippen molar-refractivity contribution in [3.8, 4) is 5.75 Å². The van der Waals surface area contributed by atoms with Gasteiger partial charge in [0, 0.05) is 57.9 Å². The standard InChI is InChI=1S/C40H48F3N9O6S/c1-48-36-32(3-2-4-33(36)52(40(48)55)34-5-6-35(53)47-37(34)54)26-9-13-49(14-10-26)24-25-7-15-50(16-8-25)29-19-27(41)20-31(21-29)59(56,57)51-17-11-28(12-18-51)46-39-44-22-30(23-45-39)58-38(42)43/h2-4,19-23,25-26,28,34,38H,5-18,24H2,1H3,(H,44,45,46)(H,47,53,54). The number of likely N-dealkylation sites (tertiary alicyclic amines) is 1. The highest BCUT2D eigenvalue weighted by Gasteiger charge is 2.34. The number of ether oxygens (including phenoxy) is 1. The third-order valence-electron chi connectivity index (χ3n) is 12.3. The van der Waals surface area contributed by atoms with Gasteiger partial charge in [-0.15, -0.1) is 0 Å². The van der Waals surface area contributed by atoms with Crippen molar-refractivity contribution in [2.24, 2.45) is 13.0 Å². The molecule has 4 aromatic rings. The monoisotopic (exact) mass is 839 g/mol. The number of hydrogen-bond donors (Lipinski definition) is 2. The van der Waals surface area contributed by atoms with Gasteiger partial charge < -0.3 is 19.9 Å². The van der Waals surface area contributed by atoms with Crippen LogP contribution in [0.15, 0.2) is 58.5 Å². The number of nitrogens with one attached hydrogen (secondary N) is 2. The zero-order chi connectivity index (χ0) is 41.4. The number of imidazole rings is 1. The minimum Gasteiger partial charge on any atom is -0.432 e. The molecule has 0 bridgehead atoms. The van der Waals surface area contributed by atoms with Crippen LogP contribution in [0, 0.1) is 11.7 Å². The van der Waals surface area contributed by atoms with Crippen LogP contribution in [0.1, 0.15) is 68.9 Å². The fourth-order valence-electron chi connectivity index (χ4n) is 9.20. The lowest BCUT2D eigenvalue weighted by Gasteiger charge is -2.38. The molecule has 316 valence electrons. The number of carbonyl (C=O) groups is 2. The zero-order valence-corrected chi connectivity index (χ0v) is 33.6. The van der Waals surface area contributed by atoms with Crippen molar-refractivity contribution in [3.63, 3.8) is 0 Å². The Morgan fingerprint density at radius 1 is 0.915 bits per heavy atom. The Labute approximate surface area is 339 Å². The number of alkyl halides is 2. The smallest absolute Gasteiger partial charge is 0.387 e. The highest BCUT2D eigenvalue weighted by atomic mass is 32.2. The van der Waals surface area contributed by atoms with Crippen LogP contribution < -0.4 is 26.0 Å². The summed E-state index contributed by atoms with van der Waals surface area (Å²) in [5.41, 5.74) is 2.92. The Hall–Kier alpha value is -5.01. The maximum atomic E-state index is 15.0. The Balaban J connectivity index is 0.833. The number of halogens is 3. The second kappa shape index (κ2) is 16.9. The van der Waals surface area contributed by atoms with Crippen molar-refractivity contribution >= 4 is 44.5 Å². The lowest BCUT2D eigenvalue weighted by atomic mass is 9.87. The third-order valence-corrected chi connectivity index (χ3v) is 14.2. The Morgan fingerprint density at radius 3 is 2.31 bits per heavy atom. The summed E-state index contributed by atoms with van der Waals surface area (Å²) in [7, 11) is -2.23. The van der Waals surface area contributed by atoms with Crippen molar-refractivity contribution in [1.29, 1.82) is 0 Å².